The molecule has 1 spiro atoms. The predicted molar refractivity (Wildman–Crippen MR) is 92.8 cm³/mol. The van der Waals surface area contributed by atoms with Crippen molar-refractivity contribution in [2.75, 3.05) is 26.7 Å². The van der Waals surface area contributed by atoms with Crippen LogP contribution in [0.1, 0.15) is 58.3 Å². The molecule has 3 rings (SSSR count). The fourth-order valence-corrected chi connectivity index (χ4v) is 6.36. The SMILES string of the molecule is CCOC1CC(O)C12CCN(S(=O)(=O)N(C)C1CCCCC1)CC2. The summed E-state index contributed by atoms with van der Waals surface area (Å²) in [5.41, 5.74) is -0.231. The summed E-state index contributed by atoms with van der Waals surface area (Å²) in [7, 11) is -1.67. The summed E-state index contributed by atoms with van der Waals surface area (Å²) in [5, 5.41) is 10.3. The molecule has 3 aliphatic rings. The van der Waals surface area contributed by atoms with Crippen LogP contribution in [-0.4, -0.2) is 67.1 Å². The van der Waals surface area contributed by atoms with Crippen molar-refractivity contribution in [1.82, 2.24) is 8.61 Å². The summed E-state index contributed by atoms with van der Waals surface area (Å²) in [6, 6.07) is 0.144. The lowest BCUT2D eigenvalue weighted by Crippen LogP contribution is -2.63. The summed E-state index contributed by atoms with van der Waals surface area (Å²) >= 11 is 0. The van der Waals surface area contributed by atoms with Gasteiger partial charge in [-0.05, 0) is 32.6 Å². The number of aliphatic hydroxyl groups is 1. The maximum Gasteiger partial charge on any atom is 0.281 e. The van der Waals surface area contributed by atoms with Crippen LogP contribution in [0.15, 0.2) is 0 Å². The topological polar surface area (TPSA) is 70.1 Å². The first kappa shape index (κ1) is 18.6. The molecule has 3 fully saturated rings. The lowest BCUT2D eigenvalue weighted by molar-refractivity contribution is -0.206. The molecule has 1 N–H and O–H groups in total. The minimum absolute atomic E-state index is 0.0819. The molecule has 1 saturated heterocycles. The van der Waals surface area contributed by atoms with Crippen LogP contribution >= 0.6 is 0 Å². The number of hydrogen-bond donors (Lipinski definition) is 1. The monoisotopic (exact) mass is 360 g/mol. The Labute approximate surface area is 146 Å². The first-order valence-corrected chi connectivity index (χ1v) is 10.8. The lowest BCUT2D eigenvalue weighted by Gasteiger charge is -2.56. The highest BCUT2D eigenvalue weighted by molar-refractivity contribution is 7.86. The van der Waals surface area contributed by atoms with E-state index in [1.807, 2.05) is 6.92 Å². The van der Waals surface area contributed by atoms with Gasteiger partial charge in [-0.1, -0.05) is 19.3 Å². The van der Waals surface area contributed by atoms with Crippen molar-refractivity contribution in [1.29, 1.82) is 0 Å². The third-order valence-corrected chi connectivity index (χ3v) is 8.59. The Balaban J connectivity index is 1.63. The Hall–Kier alpha value is -0.210. The molecular weight excluding hydrogens is 328 g/mol. The number of hydrogen-bond acceptors (Lipinski definition) is 4. The van der Waals surface area contributed by atoms with Gasteiger partial charge in [-0.25, -0.2) is 0 Å². The molecule has 140 valence electrons. The highest BCUT2D eigenvalue weighted by atomic mass is 32.2. The van der Waals surface area contributed by atoms with Gasteiger partial charge in [0, 0.05) is 44.6 Å². The van der Waals surface area contributed by atoms with Crippen LogP contribution in [0.4, 0.5) is 0 Å². The highest BCUT2D eigenvalue weighted by Crippen LogP contribution is 2.51. The molecule has 2 atom stereocenters. The molecule has 0 bridgehead atoms. The molecule has 0 amide bonds. The fraction of sp³-hybridized carbons (Fsp3) is 1.00. The summed E-state index contributed by atoms with van der Waals surface area (Å²) in [6.45, 7) is 3.59. The second-order valence-electron chi connectivity index (χ2n) is 7.64. The zero-order chi connectivity index (χ0) is 17.4. The van der Waals surface area contributed by atoms with Gasteiger partial charge in [0.25, 0.3) is 10.2 Å². The molecule has 24 heavy (non-hydrogen) atoms. The van der Waals surface area contributed by atoms with E-state index in [0.29, 0.717) is 39.0 Å². The Bertz CT molecular complexity index is 523. The lowest BCUT2D eigenvalue weighted by atomic mass is 9.58. The summed E-state index contributed by atoms with van der Waals surface area (Å²) in [6.07, 6.45) is 7.19. The van der Waals surface area contributed by atoms with E-state index < -0.39 is 10.2 Å². The van der Waals surface area contributed by atoms with Crippen LogP contribution in [-0.2, 0) is 14.9 Å². The smallest absolute Gasteiger partial charge is 0.281 e. The van der Waals surface area contributed by atoms with E-state index >= 15 is 0 Å². The van der Waals surface area contributed by atoms with Gasteiger partial charge in [0.2, 0.25) is 0 Å². The van der Waals surface area contributed by atoms with Gasteiger partial charge in [-0.2, -0.15) is 17.0 Å². The van der Waals surface area contributed by atoms with Crippen LogP contribution in [0.2, 0.25) is 0 Å². The second kappa shape index (κ2) is 7.19. The number of nitrogens with zero attached hydrogens (tertiary/aromatic N) is 2. The maximum absolute atomic E-state index is 12.9. The molecule has 6 nitrogen and oxygen atoms in total. The largest absolute Gasteiger partial charge is 0.392 e. The highest BCUT2D eigenvalue weighted by Gasteiger charge is 2.57. The summed E-state index contributed by atoms with van der Waals surface area (Å²) < 4.78 is 34.9. The molecule has 2 aliphatic carbocycles. The van der Waals surface area contributed by atoms with Crippen molar-refractivity contribution in [2.24, 2.45) is 5.41 Å². The zero-order valence-electron chi connectivity index (χ0n) is 15.0. The average molecular weight is 361 g/mol. The predicted octanol–water partition coefficient (Wildman–Crippen LogP) is 1.75. The minimum Gasteiger partial charge on any atom is -0.392 e. The van der Waals surface area contributed by atoms with Crippen molar-refractivity contribution in [3.8, 4) is 0 Å². The van der Waals surface area contributed by atoms with Gasteiger partial charge in [0.05, 0.1) is 12.2 Å². The average Bonchev–Trinajstić information content (AvgIpc) is 2.61. The molecule has 1 aliphatic heterocycles. The van der Waals surface area contributed by atoms with Gasteiger partial charge < -0.3 is 9.84 Å². The molecule has 0 radical (unpaired) electrons. The number of ether oxygens (including phenoxy) is 1. The van der Waals surface area contributed by atoms with Crippen LogP contribution in [0.5, 0.6) is 0 Å². The quantitative estimate of drug-likeness (QED) is 0.811. The Morgan fingerprint density at radius 3 is 2.38 bits per heavy atom. The minimum atomic E-state index is -3.40. The Morgan fingerprint density at radius 1 is 1.21 bits per heavy atom. The molecule has 0 aromatic heterocycles. The molecule has 0 aromatic carbocycles. The van der Waals surface area contributed by atoms with Gasteiger partial charge in [-0.15, -0.1) is 0 Å². The van der Waals surface area contributed by atoms with E-state index in [-0.39, 0.29) is 23.7 Å². The van der Waals surface area contributed by atoms with E-state index in [1.54, 1.807) is 15.7 Å². The van der Waals surface area contributed by atoms with Gasteiger partial charge >= 0.3 is 0 Å². The van der Waals surface area contributed by atoms with Crippen LogP contribution in [0, 0.1) is 5.41 Å². The molecule has 1 heterocycles. The fourth-order valence-electron chi connectivity index (χ4n) is 4.77. The molecule has 7 heteroatoms. The number of rotatable bonds is 5. The van der Waals surface area contributed by atoms with Crippen LogP contribution in [0.3, 0.4) is 0 Å². The first-order chi connectivity index (χ1) is 11.4. The van der Waals surface area contributed by atoms with Gasteiger partial charge in [-0.3, -0.25) is 0 Å². The first-order valence-electron chi connectivity index (χ1n) is 9.44. The Kier molecular flexibility index (Phi) is 5.57. The van der Waals surface area contributed by atoms with Crippen LogP contribution < -0.4 is 0 Å². The molecule has 0 aromatic rings. The summed E-state index contributed by atoms with van der Waals surface area (Å²) in [5.74, 6) is 0. The third-order valence-electron chi connectivity index (χ3n) is 6.54. The van der Waals surface area contributed by atoms with Crippen molar-refractivity contribution >= 4 is 10.2 Å². The summed E-state index contributed by atoms with van der Waals surface area (Å²) in [4.78, 5) is 0. The standard InChI is InChI=1S/C17H32N2O4S/c1-3-23-16-13-15(20)17(16)9-11-19(12-10-17)24(21,22)18(2)14-7-5-4-6-8-14/h14-16,20H,3-13H2,1-2H3. The van der Waals surface area contributed by atoms with Crippen molar-refractivity contribution in [3.05, 3.63) is 0 Å². The zero-order valence-corrected chi connectivity index (χ0v) is 15.8. The van der Waals surface area contributed by atoms with Gasteiger partial charge in [0.15, 0.2) is 0 Å². The normalized spacial score (nSPS) is 32.2. The van der Waals surface area contributed by atoms with Crippen molar-refractivity contribution in [2.45, 2.75) is 76.5 Å². The molecular formula is C17H32N2O4S. The van der Waals surface area contributed by atoms with Crippen molar-refractivity contribution < 1.29 is 18.3 Å². The molecule has 2 saturated carbocycles. The van der Waals surface area contributed by atoms with Crippen molar-refractivity contribution in [3.63, 3.8) is 0 Å². The maximum atomic E-state index is 12.9. The van der Waals surface area contributed by atoms with Crippen LogP contribution in [0.25, 0.3) is 0 Å². The van der Waals surface area contributed by atoms with E-state index in [4.69, 9.17) is 4.74 Å². The van der Waals surface area contributed by atoms with E-state index in [9.17, 15) is 13.5 Å². The number of piperidine rings is 1. The van der Waals surface area contributed by atoms with E-state index in [1.165, 1.54) is 6.42 Å². The second-order valence-corrected chi connectivity index (χ2v) is 9.63. The number of aliphatic hydroxyl groups excluding tert-OH is 1. The van der Waals surface area contributed by atoms with E-state index in [2.05, 4.69) is 0 Å². The Morgan fingerprint density at radius 2 is 1.83 bits per heavy atom. The van der Waals surface area contributed by atoms with E-state index in [0.717, 1.165) is 25.7 Å². The molecule has 2 unspecified atom stereocenters. The third kappa shape index (κ3) is 3.14. The van der Waals surface area contributed by atoms with Gasteiger partial charge in [0.1, 0.15) is 0 Å².